The van der Waals surface area contributed by atoms with E-state index in [1.165, 1.54) is 0 Å². The van der Waals surface area contributed by atoms with Gasteiger partial charge < -0.3 is 20.1 Å². The quantitative estimate of drug-likeness (QED) is 0.666. The molecule has 0 aromatic carbocycles. The zero-order valence-corrected chi connectivity index (χ0v) is 13.3. The zero-order valence-electron chi connectivity index (χ0n) is 11.7. The molecule has 1 aromatic rings. The van der Waals surface area contributed by atoms with Crippen LogP contribution in [0.1, 0.15) is 17.3 Å². The van der Waals surface area contributed by atoms with E-state index in [-0.39, 0.29) is 5.91 Å². The number of halogens is 1. The topological polar surface area (TPSA) is 72.5 Å². The predicted molar refractivity (Wildman–Crippen MR) is 81.1 cm³/mol. The van der Waals surface area contributed by atoms with Crippen molar-refractivity contribution >= 4 is 27.7 Å². The van der Waals surface area contributed by atoms with Crippen LogP contribution in [0.3, 0.4) is 0 Å². The van der Waals surface area contributed by atoms with E-state index in [0.29, 0.717) is 44.3 Å². The van der Waals surface area contributed by atoms with E-state index in [4.69, 9.17) is 9.47 Å². The minimum Gasteiger partial charge on any atom is -0.382 e. The number of amides is 1. The first-order valence-electron chi connectivity index (χ1n) is 6.43. The number of nitrogens with zero attached hydrogens (tertiary/aromatic N) is 1. The third kappa shape index (κ3) is 5.85. The summed E-state index contributed by atoms with van der Waals surface area (Å²) in [5.74, 6) is 0.401. The molecule has 0 bridgehead atoms. The Balaban J connectivity index is 2.47. The molecular weight excluding hydrogens is 326 g/mol. The summed E-state index contributed by atoms with van der Waals surface area (Å²) < 4.78 is 10.9. The number of methoxy groups -OCH3 is 1. The molecule has 0 atom stereocenters. The molecule has 1 aromatic heterocycles. The number of rotatable bonds is 9. The summed E-state index contributed by atoms with van der Waals surface area (Å²) in [6.45, 7) is 4.62. The van der Waals surface area contributed by atoms with Crippen molar-refractivity contribution in [2.24, 2.45) is 0 Å². The lowest BCUT2D eigenvalue weighted by Gasteiger charge is -2.11. The van der Waals surface area contributed by atoms with E-state index in [1.54, 1.807) is 19.4 Å². The highest BCUT2D eigenvalue weighted by molar-refractivity contribution is 9.10. The molecule has 0 saturated carbocycles. The second-order valence-corrected chi connectivity index (χ2v) is 4.86. The molecule has 1 rings (SSSR count). The Kier molecular flexibility index (Phi) is 8.17. The van der Waals surface area contributed by atoms with E-state index in [0.717, 1.165) is 4.47 Å². The van der Waals surface area contributed by atoms with Crippen molar-refractivity contribution in [1.82, 2.24) is 10.3 Å². The number of hydrogen-bond acceptors (Lipinski definition) is 5. The van der Waals surface area contributed by atoms with Crippen LogP contribution in [-0.2, 0) is 9.47 Å². The van der Waals surface area contributed by atoms with Crippen LogP contribution >= 0.6 is 15.9 Å². The van der Waals surface area contributed by atoms with E-state index in [9.17, 15) is 4.79 Å². The molecule has 1 heterocycles. The van der Waals surface area contributed by atoms with E-state index in [2.05, 4.69) is 31.5 Å². The summed E-state index contributed by atoms with van der Waals surface area (Å²) in [6.07, 6.45) is 1.66. The molecule has 0 unspecified atom stereocenters. The van der Waals surface area contributed by atoms with Crippen LogP contribution in [0.2, 0.25) is 0 Å². The van der Waals surface area contributed by atoms with Crippen molar-refractivity contribution in [1.29, 1.82) is 0 Å². The number of anilines is 1. The van der Waals surface area contributed by atoms with Crippen molar-refractivity contribution in [3.63, 3.8) is 0 Å². The second kappa shape index (κ2) is 9.68. The molecule has 0 spiro atoms. The summed E-state index contributed by atoms with van der Waals surface area (Å²) in [5.41, 5.74) is 0.512. The van der Waals surface area contributed by atoms with Crippen molar-refractivity contribution in [3.8, 4) is 0 Å². The van der Waals surface area contributed by atoms with Gasteiger partial charge in [0.05, 0.1) is 25.4 Å². The summed E-state index contributed by atoms with van der Waals surface area (Å²) in [4.78, 5) is 16.3. The molecule has 112 valence electrons. The highest BCUT2D eigenvalue weighted by atomic mass is 79.9. The largest absolute Gasteiger partial charge is 0.382 e. The van der Waals surface area contributed by atoms with Gasteiger partial charge in [-0.05, 0) is 28.9 Å². The summed E-state index contributed by atoms with van der Waals surface area (Å²) >= 11 is 3.32. The lowest BCUT2D eigenvalue weighted by Crippen LogP contribution is -2.28. The molecule has 0 fully saturated rings. The second-order valence-electron chi connectivity index (χ2n) is 3.94. The first kappa shape index (κ1) is 16.9. The van der Waals surface area contributed by atoms with Crippen LogP contribution in [0, 0.1) is 0 Å². The average Bonchev–Trinajstić information content (AvgIpc) is 2.44. The van der Waals surface area contributed by atoms with Crippen molar-refractivity contribution in [3.05, 3.63) is 22.3 Å². The third-order valence-corrected chi connectivity index (χ3v) is 2.84. The van der Waals surface area contributed by atoms with Crippen LogP contribution < -0.4 is 10.6 Å². The van der Waals surface area contributed by atoms with E-state index >= 15 is 0 Å². The zero-order chi connectivity index (χ0) is 14.8. The monoisotopic (exact) mass is 345 g/mol. The Hall–Kier alpha value is -1.18. The molecule has 0 aliphatic carbocycles. The van der Waals surface area contributed by atoms with Gasteiger partial charge in [-0.25, -0.2) is 4.98 Å². The standard InChI is InChI=1S/C13H20BrN3O3/c1-3-15-12-11(8-10(14)9-17-12)13(18)16-4-5-20-7-6-19-2/h8-9H,3-7H2,1-2H3,(H,15,17)(H,16,18). The Labute approximate surface area is 127 Å². The van der Waals surface area contributed by atoms with Crippen molar-refractivity contribution in [2.75, 3.05) is 45.3 Å². The first-order valence-corrected chi connectivity index (χ1v) is 7.22. The van der Waals surface area contributed by atoms with Gasteiger partial charge in [0.1, 0.15) is 5.82 Å². The van der Waals surface area contributed by atoms with Crippen molar-refractivity contribution in [2.45, 2.75) is 6.92 Å². The molecule has 7 heteroatoms. The van der Waals surface area contributed by atoms with Gasteiger partial charge in [0, 0.05) is 30.9 Å². The number of aromatic nitrogens is 1. The highest BCUT2D eigenvalue weighted by Crippen LogP contribution is 2.17. The van der Waals surface area contributed by atoms with Gasteiger partial charge in [-0.1, -0.05) is 0 Å². The van der Waals surface area contributed by atoms with Gasteiger partial charge in [0.15, 0.2) is 0 Å². The van der Waals surface area contributed by atoms with Crippen LogP contribution in [0.4, 0.5) is 5.82 Å². The van der Waals surface area contributed by atoms with E-state index < -0.39 is 0 Å². The first-order chi connectivity index (χ1) is 9.69. The van der Waals surface area contributed by atoms with Crippen LogP contribution in [0.15, 0.2) is 16.7 Å². The maximum absolute atomic E-state index is 12.1. The number of ether oxygens (including phenoxy) is 2. The Bertz CT molecular complexity index is 429. The molecule has 0 radical (unpaired) electrons. The molecule has 2 N–H and O–H groups in total. The van der Waals surface area contributed by atoms with Gasteiger partial charge in [0.25, 0.3) is 5.91 Å². The fourth-order valence-electron chi connectivity index (χ4n) is 1.50. The van der Waals surface area contributed by atoms with Gasteiger partial charge in [-0.15, -0.1) is 0 Å². The fraction of sp³-hybridized carbons (Fsp3) is 0.538. The average molecular weight is 346 g/mol. The lowest BCUT2D eigenvalue weighted by molar-refractivity contribution is 0.0693. The Morgan fingerprint density at radius 2 is 2.20 bits per heavy atom. The number of carbonyl (C=O) groups is 1. The molecule has 1 amide bonds. The minimum absolute atomic E-state index is 0.176. The lowest BCUT2D eigenvalue weighted by atomic mass is 10.2. The van der Waals surface area contributed by atoms with E-state index in [1.807, 2.05) is 6.92 Å². The summed E-state index contributed by atoms with van der Waals surface area (Å²) in [6, 6.07) is 1.74. The fourth-order valence-corrected chi connectivity index (χ4v) is 1.83. The maximum Gasteiger partial charge on any atom is 0.255 e. The molecular formula is C13H20BrN3O3. The normalized spacial score (nSPS) is 10.3. The minimum atomic E-state index is -0.176. The maximum atomic E-state index is 12.1. The summed E-state index contributed by atoms with van der Waals surface area (Å²) in [5, 5.41) is 5.86. The van der Waals surface area contributed by atoms with Crippen LogP contribution in [0.25, 0.3) is 0 Å². The Morgan fingerprint density at radius 3 is 2.90 bits per heavy atom. The SMILES string of the molecule is CCNc1ncc(Br)cc1C(=O)NCCOCCOC. The van der Waals surface area contributed by atoms with Gasteiger partial charge in [-0.3, -0.25) is 4.79 Å². The van der Waals surface area contributed by atoms with Crippen LogP contribution in [-0.4, -0.2) is 50.9 Å². The van der Waals surface area contributed by atoms with Gasteiger partial charge >= 0.3 is 0 Å². The summed E-state index contributed by atoms with van der Waals surface area (Å²) in [7, 11) is 1.62. The van der Waals surface area contributed by atoms with Crippen molar-refractivity contribution < 1.29 is 14.3 Å². The number of hydrogen-bond donors (Lipinski definition) is 2. The van der Waals surface area contributed by atoms with Gasteiger partial charge in [-0.2, -0.15) is 0 Å². The smallest absolute Gasteiger partial charge is 0.255 e. The molecule has 20 heavy (non-hydrogen) atoms. The predicted octanol–water partition coefficient (Wildman–Crippen LogP) is 1.67. The number of nitrogens with one attached hydrogen (secondary N) is 2. The Morgan fingerprint density at radius 1 is 1.40 bits per heavy atom. The molecule has 0 aliphatic heterocycles. The van der Waals surface area contributed by atoms with Crippen LogP contribution in [0.5, 0.6) is 0 Å². The molecule has 6 nitrogen and oxygen atoms in total. The molecule has 0 aliphatic rings. The molecule has 0 saturated heterocycles. The van der Waals surface area contributed by atoms with Gasteiger partial charge in [0.2, 0.25) is 0 Å². The number of carbonyl (C=O) groups excluding carboxylic acids is 1. The highest BCUT2D eigenvalue weighted by Gasteiger charge is 2.12. The number of pyridine rings is 1. The third-order valence-electron chi connectivity index (χ3n) is 2.41.